The van der Waals surface area contributed by atoms with Crippen LogP contribution in [-0.4, -0.2) is 24.1 Å². The SMILES string of the molecule is Cc1cc(C)c(-c2ccc3c4ccc(-c5c(C)cc(C)cc5C)cc4n(-c4ccc(-c5ccc6c(c5)c5ccccc5n6-c5ccccc5)cc4-c4nc(-c5ccccc5)nc(-c5ccccc5)n4)c3c2)c(C)c1. The molecule has 354 valence electrons. The van der Waals surface area contributed by atoms with Gasteiger partial charge in [-0.15, -0.1) is 0 Å². The van der Waals surface area contributed by atoms with Gasteiger partial charge in [-0.3, -0.25) is 0 Å². The van der Waals surface area contributed by atoms with Crippen LogP contribution >= 0.6 is 0 Å². The van der Waals surface area contributed by atoms with E-state index in [0.717, 1.165) is 55.7 Å². The van der Waals surface area contributed by atoms with Gasteiger partial charge in [-0.05, 0) is 152 Å². The lowest BCUT2D eigenvalue weighted by molar-refractivity contribution is 1.06. The molecule has 5 heteroatoms. The quantitative estimate of drug-likeness (QED) is 0.152. The molecule has 10 aromatic carbocycles. The fourth-order valence-corrected chi connectivity index (χ4v) is 11.9. The van der Waals surface area contributed by atoms with Crippen LogP contribution in [0, 0.1) is 41.5 Å². The molecule has 0 aliphatic rings. The zero-order valence-electron chi connectivity index (χ0n) is 42.4. The van der Waals surface area contributed by atoms with Gasteiger partial charge in [0.1, 0.15) is 0 Å². The van der Waals surface area contributed by atoms with Crippen molar-refractivity contribution in [1.82, 2.24) is 24.1 Å². The molecule has 3 aromatic heterocycles. The van der Waals surface area contributed by atoms with Crippen LogP contribution in [0.15, 0.2) is 212 Å². The molecule has 13 rings (SSSR count). The van der Waals surface area contributed by atoms with Crippen molar-refractivity contribution in [3.05, 3.63) is 246 Å². The van der Waals surface area contributed by atoms with Crippen molar-refractivity contribution in [2.45, 2.75) is 41.5 Å². The van der Waals surface area contributed by atoms with Gasteiger partial charge in [-0.2, -0.15) is 0 Å². The van der Waals surface area contributed by atoms with E-state index < -0.39 is 0 Å². The first kappa shape index (κ1) is 44.7. The fraction of sp³-hybridized carbons (Fsp3) is 0.0870. The van der Waals surface area contributed by atoms with Crippen molar-refractivity contribution < 1.29 is 0 Å². The molecular weight excluding hydrogens is 899 g/mol. The number of hydrogen-bond acceptors (Lipinski definition) is 3. The predicted octanol–water partition coefficient (Wildman–Crippen LogP) is 17.9. The van der Waals surface area contributed by atoms with E-state index in [-0.39, 0.29) is 0 Å². The Morgan fingerprint density at radius 2 is 0.716 bits per heavy atom. The van der Waals surface area contributed by atoms with E-state index in [1.54, 1.807) is 0 Å². The average molecular weight is 952 g/mol. The second-order valence-corrected chi connectivity index (χ2v) is 20.0. The molecule has 0 amide bonds. The molecule has 13 aromatic rings. The molecule has 5 nitrogen and oxygen atoms in total. The Hall–Kier alpha value is -9.19. The number of nitrogens with zero attached hydrogens (tertiary/aromatic N) is 5. The highest BCUT2D eigenvalue weighted by Gasteiger charge is 2.23. The maximum Gasteiger partial charge on any atom is 0.166 e. The molecule has 0 fully saturated rings. The summed E-state index contributed by atoms with van der Waals surface area (Å²) in [5.74, 6) is 1.82. The Morgan fingerprint density at radius 1 is 0.284 bits per heavy atom. The summed E-state index contributed by atoms with van der Waals surface area (Å²) in [6.45, 7) is 13.3. The summed E-state index contributed by atoms with van der Waals surface area (Å²) in [4.78, 5) is 16.1. The maximum absolute atomic E-state index is 5.45. The highest BCUT2D eigenvalue weighted by atomic mass is 15.1. The van der Waals surface area contributed by atoms with Crippen molar-refractivity contribution >= 4 is 43.6 Å². The minimum Gasteiger partial charge on any atom is -0.309 e. The molecule has 0 atom stereocenters. The minimum atomic E-state index is 0.592. The van der Waals surface area contributed by atoms with Crippen molar-refractivity contribution in [2.24, 2.45) is 0 Å². The standard InChI is InChI=1S/C69H53N5/c1-42-34-44(3)65(45(4)35-42)52-26-30-56-57-31-27-53(66-46(5)36-43(2)37-47(66)6)41-64(57)74(63(56)40-52)62-33-29-51(50-28-32-61-58(38-50)55-24-16-17-25-60(55)73(61)54-22-14-9-15-23-54)39-59(62)69-71-67(48-18-10-7-11-19-48)70-68(72-69)49-20-12-8-13-21-49/h7-41H,1-6H3. The van der Waals surface area contributed by atoms with Gasteiger partial charge in [0.05, 0.1) is 27.8 Å². The van der Waals surface area contributed by atoms with Gasteiger partial charge in [0.2, 0.25) is 0 Å². The van der Waals surface area contributed by atoms with Crippen LogP contribution in [0.4, 0.5) is 0 Å². The van der Waals surface area contributed by atoms with Gasteiger partial charge < -0.3 is 9.13 Å². The van der Waals surface area contributed by atoms with Crippen molar-refractivity contribution in [3.8, 4) is 78.9 Å². The monoisotopic (exact) mass is 951 g/mol. The molecule has 0 saturated carbocycles. The highest BCUT2D eigenvalue weighted by Crippen LogP contribution is 2.43. The smallest absolute Gasteiger partial charge is 0.166 e. The molecule has 3 heterocycles. The average Bonchev–Trinajstić information content (AvgIpc) is 3.92. The van der Waals surface area contributed by atoms with Crippen LogP contribution in [-0.2, 0) is 0 Å². The Kier molecular flexibility index (Phi) is 10.8. The maximum atomic E-state index is 5.45. The Balaban J connectivity index is 1.12. The van der Waals surface area contributed by atoms with Crippen molar-refractivity contribution in [1.29, 1.82) is 0 Å². The number of rotatable bonds is 8. The number of fused-ring (bicyclic) bond motifs is 6. The third-order valence-electron chi connectivity index (χ3n) is 14.9. The first-order valence-electron chi connectivity index (χ1n) is 25.5. The lowest BCUT2D eigenvalue weighted by atomic mass is 9.92. The molecule has 0 N–H and O–H groups in total. The van der Waals surface area contributed by atoms with Crippen LogP contribution in [0.25, 0.3) is 123 Å². The summed E-state index contributed by atoms with van der Waals surface area (Å²) < 4.78 is 4.84. The molecule has 74 heavy (non-hydrogen) atoms. The second-order valence-electron chi connectivity index (χ2n) is 20.0. The van der Waals surface area contributed by atoms with E-state index in [2.05, 4.69) is 227 Å². The third-order valence-corrected chi connectivity index (χ3v) is 14.9. The van der Waals surface area contributed by atoms with Gasteiger partial charge >= 0.3 is 0 Å². The minimum absolute atomic E-state index is 0.592. The van der Waals surface area contributed by atoms with Crippen LogP contribution < -0.4 is 0 Å². The van der Waals surface area contributed by atoms with Gasteiger partial charge in [0.25, 0.3) is 0 Å². The number of para-hydroxylation sites is 2. The Bertz CT molecular complexity index is 4130. The van der Waals surface area contributed by atoms with E-state index in [1.165, 1.54) is 82.7 Å². The summed E-state index contributed by atoms with van der Waals surface area (Å²) in [7, 11) is 0. The van der Waals surface area contributed by atoms with E-state index in [1.807, 2.05) is 36.4 Å². The summed E-state index contributed by atoms with van der Waals surface area (Å²) >= 11 is 0. The Labute approximate surface area is 431 Å². The molecular formula is C69H53N5. The van der Waals surface area contributed by atoms with Gasteiger partial charge in [-0.25, -0.2) is 15.0 Å². The van der Waals surface area contributed by atoms with E-state index in [9.17, 15) is 0 Å². The fourth-order valence-electron chi connectivity index (χ4n) is 11.9. The van der Waals surface area contributed by atoms with Gasteiger partial charge in [0.15, 0.2) is 17.5 Å². The zero-order chi connectivity index (χ0) is 50.2. The number of hydrogen-bond donors (Lipinski definition) is 0. The molecule has 0 aliphatic carbocycles. The molecule has 0 bridgehead atoms. The third kappa shape index (κ3) is 7.59. The van der Waals surface area contributed by atoms with Crippen LogP contribution in [0.1, 0.15) is 33.4 Å². The van der Waals surface area contributed by atoms with Crippen LogP contribution in [0.5, 0.6) is 0 Å². The number of benzene rings is 10. The van der Waals surface area contributed by atoms with Gasteiger partial charge in [0, 0.05) is 43.9 Å². The molecule has 0 aliphatic heterocycles. The first-order valence-corrected chi connectivity index (χ1v) is 25.5. The van der Waals surface area contributed by atoms with Crippen LogP contribution in [0.2, 0.25) is 0 Å². The lowest BCUT2D eigenvalue weighted by Crippen LogP contribution is -2.04. The van der Waals surface area contributed by atoms with E-state index in [0.29, 0.717) is 17.5 Å². The highest BCUT2D eigenvalue weighted by molar-refractivity contribution is 6.13. The van der Waals surface area contributed by atoms with E-state index in [4.69, 9.17) is 15.0 Å². The van der Waals surface area contributed by atoms with Crippen molar-refractivity contribution in [3.63, 3.8) is 0 Å². The molecule has 0 saturated heterocycles. The zero-order valence-corrected chi connectivity index (χ0v) is 42.4. The molecule has 0 radical (unpaired) electrons. The summed E-state index contributed by atoms with van der Waals surface area (Å²) in [6, 6.07) is 76.9. The normalized spacial score (nSPS) is 11.6. The molecule has 0 unspecified atom stereocenters. The van der Waals surface area contributed by atoms with E-state index >= 15 is 0 Å². The lowest BCUT2D eigenvalue weighted by Gasteiger charge is -2.18. The van der Waals surface area contributed by atoms with Crippen LogP contribution in [0.3, 0.4) is 0 Å². The largest absolute Gasteiger partial charge is 0.309 e. The summed E-state index contributed by atoms with van der Waals surface area (Å²) in [5, 5.41) is 4.75. The summed E-state index contributed by atoms with van der Waals surface area (Å²) in [5.41, 5.74) is 24.0. The first-order chi connectivity index (χ1) is 36.1. The molecule has 0 spiro atoms. The Morgan fingerprint density at radius 3 is 1.27 bits per heavy atom. The predicted molar refractivity (Wildman–Crippen MR) is 310 cm³/mol. The number of aryl methyl sites for hydroxylation is 6. The number of aromatic nitrogens is 5. The van der Waals surface area contributed by atoms with Crippen molar-refractivity contribution in [2.75, 3.05) is 0 Å². The second kappa shape index (κ2) is 17.8. The van der Waals surface area contributed by atoms with Gasteiger partial charge in [-0.1, -0.05) is 169 Å². The topological polar surface area (TPSA) is 48.5 Å². The summed E-state index contributed by atoms with van der Waals surface area (Å²) in [6.07, 6.45) is 0.